The number of rotatable bonds is 2. The summed E-state index contributed by atoms with van der Waals surface area (Å²) in [5.74, 6) is -0.728. The standard InChI is InChI=1S/C13H15ClN2O3/c1-13(12(15)18)8-16(6-7-19-13)11(17)9-2-4-10(14)5-3-9/h2-5H,6-8H2,1H3,(H2,15,18). The molecule has 1 saturated heterocycles. The topological polar surface area (TPSA) is 72.6 Å². The highest BCUT2D eigenvalue weighted by Crippen LogP contribution is 2.19. The van der Waals surface area contributed by atoms with Crippen LogP contribution >= 0.6 is 11.6 Å². The Hall–Kier alpha value is -1.59. The maximum Gasteiger partial charge on any atom is 0.254 e. The van der Waals surface area contributed by atoms with Crippen molar-refractivity contribution in [2.45, 2.75) is 12.5 Å². The van der Waals surface area contributed by atoms with Gasteiger partial charge in [-0.15, -0.1) is 0 Å². The molecule has 1 aromatic rings. The summed E-state index contributed by atoms with van der Waals surface area (Å²) in [5, 5.41) is 0.570. The highest BCUT2D eigenvalue weighted by atomic mass is 35.5. The summed E-state index contributed by atoms with van der Waals surface area (Å²) in [4.78, 5) is 25.2. The molecule has 2 N–H and O–H groups in total. The summed E-state index contributed by atoms with van der Waals surface area (Å²) in [7, 11) is 0. The van der Waals surface area contributed by atoms with Crippen LogP contribution in [0.5, 0.6) is 0 Å². The number of halogens is 1. The van der Waals surface area contributed by atoms with Gasteiger partial charge in [-0.1, -0.05) is 11.6 Å². The maximum atomic E-state index is 12.3. The van der Waals surface area contributed by atoms with Crippen LogP contribution < -0.4 is 5.73 Å². The largest absolute Gasteiger partial charge is 0.367 e. The molecule has 1 aliphatic heterocycles. The van der Waals surface area contributed by atoms with Crippen molar-refractivity contribution in [2.24, 2.45) is 5.73 Å². The van der Waals surface area contributed by atoms with Gasteiger partial charge in [-0.05, 0) is 31.2 Å². The van der Waals surface area contributed by atoms with Crippen LogP contribution in [0.4, 0.5) is 0 Å². The van der Waals surface area contributed by atoms with Crippen LogP contribution in [0.3, 0.4) is 0 Å². The smallest absolute Gasteiger partial charge is 0.254 e. The van der Waals surface area contributed by atoms with Crippen LogP contribution in [0.1, 0.15) is 17.3 Å². The first-order valence-electron chi connectivity index (χ1n) is 5.91. The highest BCUT2D eigenvalue weighted by Gasteiger charge is 2.39. The average molecular weight is 283 g/mol. The molecule has 2 rings (SSSR count). The number of benzene rings is 1. The number of ether oxygens (including phenoxy) is 1. The quantitative estimate of drug-likeness (QED) is 0.881. The Morgan fingerprint density at radius 3 is 2.58 bits per heavy atom. The molecular weight excluding hydrogens is 268 g/mol. The first-order valence-corrected chi connectivity index (χ1v) is 6.29. The predicted molar refractivity (Wildman–Crippen MR) is 70.9 cm³/mol. The molecule has 1 aromatic carbocycles. The average Bonchev–Trinajstić information content (AvgIpc) is 2.39. The molecule has 0 bridgehead atoms. The van der Waals surface area contributed by atoms with Crippen LogP contribution in [0.25, 0.3) is 0 Å². The van der Waals surface area contributed by atoms with E-state index in [1.165, 1.54) is 0 Å². The van der Waals surface area contributed by atoms with Crippen LogP contribution in [0.2, 0.25) is 5.02 Å². The number of nitrogens with zero attached hydrogens (tertiary/aromatic N) is 1. The van der Waals surface area contributed by atoms with Crippen molar-refractivity contribution in [3.63, 3.8) is 0 Å². The van der Waals surface area contributed by atoms with Gasteiger partial charge in [0, 0.05) is 17.1 Å². The Morgan fingerprint density at radius 2 is 2.00 bits per heavy atom. The van der Waals surface area contributed by atoms with Crippen molar-refractivity contribution in [3.05, 3.63) is 34.9 Å². The Morgan fingerprint density at radius 1 is 1.37 bits per heavy atom. The van der Waals surface area contributed by atoms with Crippen molar-refractivity contribution < 1.29 is 14.3 Å². The number of hydrogen-bond donors (Lipinski definition) is 1. The van der Waals surface area contributed by atoms with Gasteiger partial charge in [-0.25, -0.2) is 0 Å². The van der Waals surface area contributed by atoms with Crippen molar-refractivity contribution >= 4 is 23.4 Å². The molecule has 6 heteroatoms. The number of carbonyl (C=O) groups excluding carboxylic acids is 2. The number of primary amides is 1. The number of morpholine rings is 1. The summed E-state index contributed by atoms with van der Waals surface area (Å²) in [6.07, 6.45) is 0. The molecule has 5 nitrogen and oxygen atoms in total. The van der Waals surface area contributed by atoms with Crippen LogP contribution in [0, 0.1) is 0 Å². The van der Waals surface area contributed by atoms with Crippen LogP contribution in [0.15, 0.2) is 24.3 Å². The molecule has 0 saturated carbocycles. The second kappa shape index (κ2) is 5.19. The van der Waals surface area contributed by atoms with E-state index in [2.05, 4.69) is 0 Å². The van der Waals surface area contributed by atoms with E-state index in [0.29, 0.717) is 23.7 Å². The third-order valence-electron chi connectivity index (χ3n) is 3.17. The van der Waals surface area contributed by atoms with E-state index in [9.17, 15) is 9.59 Å². The molecule has 102 valence electrons. The van der Waals surface area contributed by atoms with E-state index in [1.807, 2.05) is 0 Å². The number of nitrogens with two attached hydrogens (primary N) is 1. The lowest BCUT2D eigenvalue weighted by molar-refractivity contribution is -0.150. The van der Waals surface area contributed by atoms with E-state index in [-0.39, 0.29) is 12.5 Å². The molecule has 1 aliphatic rings. The minimum atomic E-state index is -1.12. The summed E-state index contributed by atoms with van der Waals surface area (Å²) >= 11 is 5.78. The summed E-state index contributed by atoms with van der Waals surface area (Å²) < 4.78 is 5.37. The lowest BCUT2D eigenvalue weighted by atomic mass is 10.0. The van der Waals surface area contributed by atoms with Gasteiger partial charge < -0.3 is 15.4 Å². The molecule has 19 heavy (non-hydrogen) atoms. The number of carbonyl (C=O) groups is 2. The van der Waals surface area contributed by atoms with Gasteiger partial charge in [0.15, 0.2) is 5.60 Å². The highest BCUT2D eigenvalue weighted by molar-refractivity contribution is 6.30. The second-order valence-corrected chi connectivity index (χ2v) is 5.11. The zero-order valence-corrected chi connectivity index (χ0v) is 11.3. The van der Waals surface area contributed by atoms with Crippen molar-refractivity contribution in [1.82, 2.24) is 4.90 Å². The van der Waals surface area contributed by atoms with E-state index in [1.54, 1.807) is 36.1 Å². The summed E-state index contributed by atoms with van der Waals surface area (Å²) in [6, 6.07) is 6.62. The Bertz CT molecular complexity index is 503. The van der Waals surface area contributed by atoms with Gasteiger partial charge in [-0.3, -0.25) is 9.59 Å². The molecule has 2 amide bonds. The zero-order valence-electron chi connectivity index (χ0n) is 10.6. The number of amides is 2. The van der Waals surface area contributed by atoms with Gasteiger partial charge in [0.25, 0.3) is 11.8 Å². The van der Waals surface area contributed by atoms with Crippen molar-refractivity contribution in [2.75, 3.05) is 19.7 Å². The fraction of sp³-hybridized carbons (Fsp3) is 0.385. The minimum absolute atomic E-state index is 0.157. The van der Waals surface area contributed by atoms with Gasteiger partial charge in [0.1, 0.15) is 0 Å². The minimum Gasteiger partial charge on any atom is -0.367 e. The van der Waals surface area contributed by atoms with Crippen LogP contribution in [-0.4, -0.2) is 42.0 Å². The van der Waals surface area contributed by atoms with Gasteiger partial charge in [0.05, 0.1) is 13.2 Å². The monoisotopic (exact) mass is 282 g/mol. The molecule has 1 heterocycles. The molecule has 0 spiro atoms. The van der Waals surface area contributed by atoms with Crippen LogP contribution in [-0.2, 0) is 9.53 Å². The SMILES string of the molecule is CC1(C(N)=O)CN(C(=O)c2ccc(Cl)cc2)CCO1. The first kappa shape index (κ1) is 13.8. The molecule has 1 atom stereocenters. The van der Waals surface area contributed by atoms with E-state index in [4.69, 9.17) is 22.1 Å². The van der Waals surface area contributed by atoms with Crippen molar-refractivity contribution in [3.8, 4) is 0 Å². The van der Waals surface area contributed by atoms with E-state index < -0.39 is 11.5 Å². The lowest BCUT2D eigenvalue weighted by Crippen LogP contribution is -2.58. The third-order valence-corrected chi connectivity index (χ3v) is 3.43. The Balaban J connectivity index is 2.15. The molecule has 0 aromatic heterocycles. The third kappa shape index (κ3) is 2.88. The normalized spacial score (nSPS) is 23.2. The van der Waals surface area contributed by atoms with E-state index >= 15 is 0 Å². The number of hydrogen-bond acceptors (Lipinski definition) is 3. The van der Waals surface area contributed by atoms with Gasteiger partial charge in [-0.2, -0.15) is 0 Å². The van der Waals surface area contributed by atoms with Gasteiger partial charge >= 0.3 is 0 Å². The molecular formula is C13H15ClN2O3. The Kier molecular flexibility index (Phi) is 3.78. The lowest BCUT2D eigenvalue weighted by Gasteiger charge is -2.38. The molecule has 0 radical (unpaired) electrons. The fourth-order valence-corrected chi connectivity index (χ4v) is 2.09. The molecule has 1 fully saturated rings. The summed E-state index contributed by atoms with van der Waals surface area (Å²) in [5.41, 5.74) is 4.70. The van der Waals surface area contributed by atoms with Crippen molar-refractivity contribution in [1.29, 1.82) is 0 Å². The van der Waals surface area contributed by atoms with Gasteiger partial charge in [0.2, 0.25) is 0 Å². The predicted octanol–water partition coefficient (Wildman–Crippen LogP) is 1.06. The maximum absolute atomic E-state index is 12.3. The molecule has 0 aliphatic carbocycles. The summed E-state index contributed by atoms with van der Waals surface area (Å²) in [6.45, 7) is 2.48. The second-order valence-electron chi connectivity index (χ2n) is 4.68. The van der Waals surface area contributed by atoms with E-state index in [0.717, 1.165) is 0 Å². The fourth-order valence-electron chi connectivity index (χ4n) is 1.97. The zero-order chi connectivity index (χ0) is 14.0. The first-order chi connectivity index (χ1) is 8.92. The Labute approximate surface area is 116 Å². The molecule has 1 unspecified atom stereocenters.